The summed E-state index contributed by atoms with van der Waals surface area (Å²) in [4.78, 5) is 20.9. The van der Waals surface area contributed by atoms with Crippen LogP contribution in [0, 0.1) is 10.1 Å². The molecular formula is C10H9Br2NO4. The van der Waals surface area contributed by atoms with Crippen LogP contribution in [0.5, 0.6) is 0 Å². The third-order valence-corrected chi connectivity index (χ3v) is 3.45. The molecule has 0 saturated carbocycles. The van der Waals surface area contributed by atoms with Crippen LogP contribution >= 0.6 is 31.9 Å². The highest BCUT2D eigenvalue weighted by atomic mass is 79.9. The quantitative estimate of drug-likeness (QED) is 0.355. The average Bonchev–Trinajstić information content (AvgIpc) is 2.30. The molecule has 0 aliphatic carbocycles. The van der Waals surface area contributed by atoms with Crippen molar-refractivity contribution in [3.05, 3.63) is 38.3 Å². The molecule has 1 atom stereocenters. The first-order valence-electron chi connectivity index (χ1n) is 4.60. The van der Waals surface area contributed by atoms with Crippen LogP contribution in [0.25, 0.3) is 0 Å². The third kappa shape index (κ3) is 3.78. The van der Waals surface area contributed by atoms with Gasteiger partial charge in [-0.05, 0) is 34.0 Å². The van der Waals surface area contributed by atoms with E-state index in [1.165, 1.54) is 13.2 Å². The van der Waals surface area contributed by atoms with Crippen molar-refractivity contribution in [2.45, 2.75) is 11.2 Å². The summed E-state index contributed by atoms with van der Waals surface area (Å²) in [5.74, 6) is -0.407. The van der Waals surface area contributed by atoms with Gasteiger partial charge in [-0.2, -0.15) is 0 Å². The predicted octanol–water partition coefficient (Wildman–Crippen LogP) is 2.84. The number of nitrogens with zero attached hydrogens (tertiary/aromatic N) is 1. The summed E-state index contributed by atoms with van der Waals surface area (Å²) < 4.78 is 4.97. The van der Waals surface area contributed by atoms with Crippen LogP contribution < -0.4 is 0 Å². The number of nitro groups is 1. The first kappa shape index (κ1) is 14.1. The van der Waals surface area contributed by atoms with E-state index in [-0.39, 0.29) is 5.69 Å². The second kappa shape index (κ2) is 6.11. The Bertz CT molecular complexity index is 450. The Hall–Kier alpha value is -0.950. The van der Waals surface area contributed by atoms with Crippen molar-refractivity contribution < 1.29 is 14.5 Å². The number of methoxy groups -OCH3 is 1. The van der Waals surface area contributed by atoms with Crippen LogP contribution in [-0.2, 0) is 16.0 Å². The maximum absolute atomic E-state index is 11.2. The lowest BCUT2D eigenvalue weighted by molar-refractivity contribution is -0.385. The molecule has 1 aromatic carbocycles. The molecule has 1 aromatic rings. The molecule has 0 aliphatic heterocycles. The largest absolute Gasteiger partial charge is 0.468 e. The zero-order valence-electron chi connectivity index (χ0n) is 8.85. The van der Waals surface area contributed by atoms with Crippen molar-refractivity contribution >= 4 is 43.5 Å². The molecule has 17 heavy (non-hydrogen) atoms. The number of benzene rings is 1. The summed E-state index contributed by atoms with van der Waals surface area (Å²) in [6.07, 6.45) is 0.334. The first-order valence-corrected chi connectivity index (χ1v) is 6.31. The summed E-state index contributed by atoms with van der Waals surface area (Å²) in [6.45, 7) is 0. The topological polar surface area (TPSA) is 69.4 Å². The van der Waals surface area contributed by atoms with E-state index in [2.05, 4.69) is 36.6 Å². The molecule has 0 amide bonds. The number of carbonyl (C=O) groups excluding carboxylic acids is 1. The van der Waals surface area contributed by atoms with Gasteiger partial charge in [-0.15, -0.1) is 0 Å². The molecule has 0 saturated heterocycles. The van der Waals surface area contributed by atoms with Crippen molar-refractivity contribution in [3.63, 3.8) is 0 Å². The summed E-state index contributed by atoms with van der Waals surface area (Å²) >= 11 is 6.26. The fourth-order valence-corrected chi connectivity index (χ4v) is 2.20. The minimum absolute atomic E-state index is 0.0212. The molecule has 0 aliphatic rings. The Morgan fingerprint density at radius 2 is 2.24 bits per heavy atom. The maximum atomic E-state index is 11.2. The molecular weight excluding hydrogens is 358 g/mol. The Labute approximate surface area is 115 Å². The summed E-state index contributed by atoms with van der Waals surface area (Å²) in [5, 5.41) is 10.7. The van der Waals surface area contributed by atoms with Gasteiger partial charge in [-0.25, -0.2) is 0 Å². The third-order valence-electron chi connectivity index (χ3n) is 2.08. The number of halogens is 2. The number of hydrogen-bond donors (Lipinski definition) is 0. The number of esters is 1. The van der Waals surface area contributed by atoms with Crippen LogP contribution in [0.15, 0.2) is 22.7 Å². The zero-order valence-corrected chi connectivity index (χ0v) is 12.0. The van der Waals surface area contributed by atoms with Crippen LogP contribution in [0.1, 0.15) is 5.56 Å². The summed E-state index contributed by atoms with van der Waals surface area (Å²) in [5.41, 5.74) is 0.666. The lowest BCUT2D eigenvalue weighted by atomic mass is 10.1. The van der Waals surface area contributed by atoms with Crippen molar-refractivity contribution in [1.29, 1.82) is 0 Å². The summed E-state index contributed by atoms with van der Waals surface area (Å²) in [7, 11) is 1.29. The van der Waals surface area contributed by atoms with Crippen LogP contribution in [0.4, 0.5) is 5.69 Å². The second-order valence-corrected chi connectivity index (χ2v) is 5.20. The molecule has 0 spiro atoms. The molecule has 1 unspecified atom stereocenters. The van der Waals surface area contributed by atoms with Crippen molar-refractivity contribution in [1.82, 2.24) is 0 Å². The molecule has 1 rings (SSSR count). The van der Waals surface area contributed by atoms with E-state index in [9.17, 15) is 14.9 Å². The first-order chi connectivity index (χ1) is 7.95. The van der Waals surface area contributed by atoms with E-state index in [1.807, 2.05) is 0 Å². The molecule has 0 bridgehead atoms. The standard InChI is InChI=1S/C10H9Br2NO4/c1-17-10(14)8(12)4-6-2-3-7(11)9(5-6)13(15)16/h2-3,5,8H,4H2,1H3. The van der Waals surface area contributed by atoms with Gasteiger partial charge in [0.1, 0.15) is 4.83 Å². The lowest BCUT2D eigenvalue weighted by Crippen LogP contribution is -2.18. The van der Waals surface area contributed by atoms with Gasteiger partial charge >= 0.3 is 5.97 Å². The minimum atomic E-state index is -0.506. The second-order valence-electron chi connectivity index (χ2n) is 3.24. The van der Waals surface area contributed by atoms with Gasteiger partial charge in [0, 0.05) is 6.07 Å². The highest BCUT2D eigenvalue weighted by Gasteiger charge is 2.18. The van der Waals surface area contributed by atoms with E-state index in [1.54, 1.807) is 12.1 Å². The van der Waals surface area contributed by atoms with Crippen molar-refractivity contribution in [2.24, 2.45) is 0 Å². The average molecular weight is 367 g/mol. The van der Waals surface area contributed by atoms with Gasteiger partial charge in [-0.1, -0.05) is 22.0 Å². The van der Waals surface area contributed by atoms with Crippen LogP contribution in [0.3, 0.4) is 0 Å². The fourth-order valence-electron chi connectivity index (χ4n) is 1.24. The lowest BCUT2D eigenvalue weighted by Gasteiger charge is -2.07. The number of carbonyl (C=O) groups is 1. The van der Waals surface area contributed by atoms with E-state index in [4.69, 9.17) is 0 Å². The van der Waals surface area contributed by atoms with Crippen molar-refractivity contribution in [3.8, 4) is 0 Å². The predicted molar refractivity (Wildman–Crippen MR) is 69.2 cm³/mol. The van der Waals surface area contributed by atoms with Crippen LogP contribution in [0.2, 0.25) is 0 Å². The normalized spacial score (nSPS) is 11.9. The highest BCUT2D eigenvalue weighted by molar-refractivity contribution is 9.10. The zero-order chi connectivity index (χ0) is 13.0. The molecule has 0 heterocycles. The highest BCUT2D eigenvalue weighted by Crippen LogP contribution is 2.26. The number of ether oxygens (including phenoxy) is 1. The molecule has 0 aromatic heterocycles. The summed E-state index contributed by atoms with van der Waals surface area (Å²) in [6, 6.07) is 4.74. The van der Waals surface area contributed by atoms with Gasteiger partial charge in [0.2, 0.25) is 0 Å². The Morgan fingerprint density at radius 3 is 2.76 bits per heavy atom. The number of hydrogen-bond acceptors (Lipinski definition) is 4. The van der Waals surface area contributed by atoms with Crippen molar-refractivity contribution in [2.75, 3.05) is 7.11 Å². The molecule has 0 N–H and O–H groups in total. The maximum Gasteiger partial charge on any atom is 0.319 e. The Kier molecular flexibility index (Phi) is 5.07. The van der Waals surface area contributed by atoms with Gasteiger partial charge in [0.15, 0.2) is 0 Å². The van der Waals surface area contributed by atoms with E-state index >= 15 is 0 Å². The molecule has 92 valence electrons. The van der Waals surface area contributed by atoms with Gasteiger partial charge in [-0.3, -0.25) is 14.9 Å². The van der Waals surface area contributed by atoms with E-state index < -0.39 is 15.7 Å². The van der Waals surface area contributed by atoms with Gasteiger partial charge in [0.25, 0.3) is 5.69 Å². The van der Waals surface area contributed by atoms with E-state index in [0.717, 1.165) is 0 Å². The number of rotatable bonds is 4. The number of alkyl halides is 1. The molecule has 0 fully saturated rings. The smallest absolute Gasteiger partial charge is 0.319 e. The molecule has 0 radical (unpaired) electrons. The van der Waals surface area contributed by atoms with Gasteiger partial charge < -0.3 is 4.74 Å². The Balaban J connectivity index is 2.90. The Morgan fingerprint density at radius 1 is 1.59 bits per heavy atom. The molecule has 7 heteroatoms. The molecule has 5 nitrogen and oxygen atoms in total. The monoisotopic (exact) mass is 365 g/mol. The number of nitro benzene ring substituents is 1. The SMILES string of the molecule is COC(=O)C(Br)Cc1ccc(Br)c([N+](=O)[O-])c1. The fraction of sp³-hybridized carbons (Fsp3) is 0.300. The van der Waals surface area contributed by atoms with Crippen LogP contribution in [-0.4, -0.2) is 22.8 Å². The van der Waals surface area contributed by atoms with Gasteiger partial charge in [0.05, 0.1) is 16.5 Å². The van der Waals surface area contributed by atoms with E-state index in [0.29, 0.717) is 16.5 Å². The minimum Gasteiger partial charge on any atom is -0.468 e.